The standard InChI is InChI=1S/3C2H3N.9C2H6/c1-3-2;2*1-2-3;9*1-2/h3*1H3;9*1-2H3. The van der Waals surface area contributed by atoms with Crippen molar-refractivity contribution in [1.29, 1.82) is 10.5 Å². The van der Waals surface area contributed by atoms with Crippen LogP contribution in [0.4, 0.5) is 0 Å². The maximum atomic E-state index is 7.32. The van der Waals surface area contributed by atoms with E-state index < -0.39 is 0 Å². The van der Waals surface area contributed by atoms with Crippen LogP contribution in [0.25, 0.3) is 4.85 Å². The monoisotopic (exact) mass is 394 g/mol. The average Bonchev–Trinajstić information content (AvgIpc) is 2.82. The van der Waals surface area contributed by atoms with Gasteiger partial charge in [0.15, 0.2) is 0 Å². The second kappa shape index (κ2) is 6240. The average molecular weight is 394 g/mol. The number of nitriles is 2. The zero-order valence-electron chi connectivity index (χ0n) is 23.8. The van der Waals surface area contributed by atoms with E-state index in [4.69, 9.17) is 17.1 Å². The van der Waals surface area contributed by atoms with Gasteiger partial charge in [-0.25, -0.2) is 6.57 Å². The minimum atomic E-state index is 1.42. The number of hydrogen-bond acceptors (Lipinski definition) is 2. The topological polar surface area (TPSA) is 51.9 Å². The van der Waals surface area contributed by atoms with Gasteiger partial charge in [-0.1, -0.05) is 125 Å². The molecule has 0 saturated heterocycles. The van der Waals surface area contributed by atoms with Crippen molar-refractivity contribution in [3.63, 3.8) is 0 Å². The second-order valence-electron chi connectivity index (χ2n) is 0.671. The van der Waals surface area contributed by atoms with Gasteiger partial charge < -0.3 is 4.85 Å². The van der Waals surface area contributed by atoms with Gasteiger partial charge in [-0.15, -0.1) is 0 Å². The summed E-state index contributed by atoms with van der Waals surface area (Å²) in [5.41, 5.74) is 0. The fourth-order valence-electron chi connectivity index (χ4n) is 0. The van der Waals surface area contributed by atoms with Gasteiger partial charge in [0.05, 0.1) is 12.1 Å². The Labute approximate surface area is 180 Å². The van der Waals surface area contributed by atoms with Gasteiger partial charge in [0.25, 0.3) is 0 Å². The number of nitrogens with zero attached hydrogens (tertiary/aromatic N) is 3. The summed E-state index contributed by atoms with van der Waals surface area (Å²) >= 11 is 0. The van der Waals surface area contributed by atoms with Gasteiger partial charge in [-0.05, 0) is 0 Å². The van der Waals surface area contributed by atoms with Gasteiger partial charge in [-0.3, -0.25) is 0 Å². The first-order chi connectivity index (χ1) is 13.2. The molecule has 0 heterocycles. The SMILES string of the molecule is CC.CC.CC.CC.CC.CC.CC.CC.CC.CC#N.CC#N.[C-]#[N+]C. The van der Waals surface area contributed by atoms with Crippen molar-refractivity contribution in [1.82, 2.24) is 0 Å². The second-order valence-corrected chi connectivity index (χ2v) is 0.671. The summed E-state index contributed by atoms with van der Waals surface area (Å²) in [7, 11) is 1.42. The van der Waals surface area contributed by atoms with Crippen molar-refractivity contribution in [3.05, 3.63) is 11.4 Å². The third kappa shape index (κ3) is 5280. The Balaban J connectivity index is -0.00000000915. The Bertz CT molecular complexity index is 107. The first-order valence-electron chi connectivity index (χ1n) is 11.1. The molecule has 0 atom stereocenters. The molecule has 0 amide bonds. The van der Waals surface area contributed by atoms with Crippen LogP contribution in [0.2, 0.25) is 0 Å². The molecule has 0 spiro atoms. The highest BCUT2D eigenvalue weighted by molar-refractivity contribution is 4.51. The van der Waals surface area contributed by atoms with E-state index in [1.54, 1.807) is 12.1 Å². The smallest absolute Gasteiger partial charge is 0.205 e. The van der Waals surface area contributed by atoms with Crippen molar-refractivity contribution in [2.45, 2.75) is 138 Å². The first-order valence-corrected chi connectivity index (χ1v) is 11.1. The summed E-state index contributed by atoms with van der Waals surface area (Å²) in [5, 5.41) is 14.6. The molecule has 3 nitrogen and oxygen atoms in total. The first kappa shape index (κ1) is 84.1. The van der Waals surface area contributed by atoms with Gasteiger partial charge in [0.2, 0.25) is 7.05 Å². The normalized spacial score (nSPS) is 2.89. The molecule has 0 aliphatic heterocycles. The molecule has 27 heavy (non-hydrogen) atoms. The van der Waals surface area contributed by atoms with Crippen molar-refractivity contribution < 1.29 is 0 Å². The van der Waals surface area contributed by atoms with E-state index in [-0.39, 0.29) is 0 Å². The van der Waals surface area contributed by atoms with Crippen LogP contribution in [0.5, 0.6) is 0 Å². The summed E-state index contributed by atoms with van der Waals surface area (Å²) < 4.78 is 0. The van der Waals surface area contributed by atoms with E-state index in [1.165, 1.54) is 20.9 Å². The molecule has 0 saturated carbocycles. The lowest BCUT2D eigenvalue weighted by atomic mass is 11.0. The van der Waals surface area contributed by atoms with Crippen LogP contribution in [-0.2, 0) is 0 Å². The molecule has 0 aliphatic rings. The van der Waals surface area contributed by atoms with E-state index in [0.717, 1.165) is 0 Å². The Morgan fingerprint density at radius 1 is 0.444 bits per heavy atom. The predicted octanol–water partition coefficient (Wildman–Crippen LogP) is 10.8. The van der Waals surface area contributed by atoms with Gasteiger partial charge in [0, 0.05) is 13.8 Å². The van der Waals surface area contributed by atoms with Crippen molar-refractivity contribution in [2.75, 3.05) is 7.05 Å². The molecule has 0 unspecified atom stereocenters. The minimum absolute atomic E-state index is 1.42. The van der Waals surface area contributed by atoms with E-state index in [9.17, 15) is 0 Å². The summed E-state index contributed by atoms with van der Waals surface area (Å²) in [4.78, 5) is 2.75. The van der Waals surface area contributed by atoms with Gasteiger partial charge in [0.1, 0.15) is 0 Å². The third-order valence-electron chi connectivity index (χ3n) is 0. The van der Waals surface area contributed by atoms with E-state index in [2.05, 4.69) is 4.85 Å². The Morgan fingerprint density at radius 3 is 0.444 bits per heavy atom. The lowest BCUT2D eigenvalue weighted by Crippen LogP contribution is -1.10. The van der Waals surface area contributed by atoms with Crippen LogP contribution in [0.1, 0.15) is 138 Å². The van der Waals surface area contributed by atoms with Crippen LogP contribution >= 0.6 is 0 Å². The molecule has 0 aromatic carbocycles. The summed E-state index contributed by atoms with van der Waals surface area (Å²) in [5.74, 6) is 0. The van der Waals surface area contributed by atoms with E-state index in [1.807, 2.05) is 125 Å². The zero-order chi connectivity index (χ0) is 26.1. The quantitative estimate of drug-likeness (QED) is 0.384. The molecule has 0 N–H and O–H groups in total. The lowest BCUT2D eigenvalue weighted by molar-refractivity contribution is 1.49. The third-order valence-corrected chi connectivity index (χ3v) is 0. The van der Waals surface area contributed by atoms with Crippen LogP contribution in [0.3, 0.4) is 0 Å². The maximum Gasteiger partial charge on any atom is 0.205 e. The van der Waals surface area contributed by atoms with Crippen molar-refractivity contribution in [2.24, 2.45) is 0 Å². The highest BCUT2D eigenvalue weighted by atomic mass is 14.5. The Kier molecular flexibility index (Phi) is 19400. The molecule has 0 aromatic rings. The highest BCUT2D eigenvalue weighted by Gasteiger charge is 1.18. The fourth-order valence-corrected chi connectivity index (χ4v) is 0. The molecule has 0 aliphatic carbocycles. The predicted molar refractivity (Wildman–Crippen MR) is 137 cm³/mol. The molecule has 0 bridgehead atoms. The molecule has 174 valence electrons. The van der Waals surface area contributed by atoms with E-state index >= 15 is 0 Å². The minimum Gasteiger partial charge on any atom is -0.320 e. The zero-order valence-corrected chi connectivity index (χ0v) is 23.8. The van der Waals surface area contributed by atoms with Crippen molar-refractivity contribution >= 4 is 0 Å². The number of hydrogen-bond donors (Lipinski definition) is 0. The lowest BCUT2D eigenvalue weighted by Gasteiger charge is -1.30. The Morgan fingerprint density at radius 2 is 0.444 bits per heavy atom. The molecular formula is C24H63N3. The highest BCUT2D eigenvalue weighted by Crippen LogP contribution is 1.26. The van der Waals surface area contributed by atoms with Gasteiger partial charge >= 0.3 is 0 Å². The van der Waals surface area contributed by atoms with Crippen LogP contribution < -0.4 is 0 Å². The largest absolute Gasteiger partial charge is 0.320 e. The van der Waals surface area contributed by atoms with Gasteiger partial charge in [-0.2, -0.15) is 10.5 Å². The van der Waals surface area contributed by atoms with E-state index in [0.29, 0.717) is 0 Å². The molecule has 0 radical (unpaired) electrons. The fraction of sp³-hybridized carbons (Fsp3) is 0.875. The van der Waals surface area contributed by atoms with Crippen molar-refractivity contribution in [3.8, 4) is 12.1 Å². The summed E-state index contributed by atoms with van der Waals surface area (Å²) in [6, 6.07) is 3.50. The molecule has 3 heteroatoms. The maximum absolute atomic E-state index is 7.32. The number of rotatable bonds is 0. The Hall–Kier alpha value is -1.53. The van der Waals surface area contributed by atoms with Crippen LogP contribution in [0, 0.1) is 29.2 Å². The summed E-state index contributed by atoms with van der Waals surface area (Å²) in [6.45, 7) is 44.7. The molecule has 0 aromatic heterocycles. The summed E-state index contributed by atoms with van der Waals surface area (Å²) in [6.07, 6.45) is 0. The molecule has 0 rings (SSSR count). The molecule has 0 fully saturated rings. The van der Waals surface area contributed by atoms with Crippen LogP contribution in [-0.4, -0.2) is 7.05 Å². The van der Waals surface area contributed by atoms with Crippen LogP contribution in [0.15, 0.2) is 0 Å². The molecular weight excluding hydrogens is 330 g/mol.